The summed E-state index contributed by atoms with van der Waals surface area (Å²) in [6.45, 7) is 2.10. The van der Waals surface area contributed by atoms with Crippen molar-refractivity contribution in [2.45, 2.75) is 6.04 Å². The maximum atomic E-state index is 12.0. The van der Waals surface area contributed by atoms with E-state index in [1.807, 2.05) is 4.90 Å². The lowest BCUT2D eigenvalue weighted by Crippen LogP contribution is -2.36. The predicted molar refractivity (Wildman–Crippen MR) is 115 cm³/mol. The highest BCUT2D eigenvalue weighted by Gasteiger charge is 2.33. The van der Waals surface area contributed by atoms with E-state index >= 15 is 0 Å². The van der Waals surface area contributed by atoms with Crippen LogP contribution in [-0.4, -0.2) is 48.2 Å². The Bertz CT molecular complexity index is 955. The van der Waals surface area contributed by atoms with E-state index < -0.39 is 23.4 Å². The number of nitrogens with one attached hydrogen (secondary N) is 1. The summed E-state index contributed by atoms with van der Waals surface area (Å²) in [7, 11) is 0. The van der Waals surface area contributed by atoms with Crippen LogP contribution in [0.15, 0.2) is 18.2 Å². The van der Waals surface area contributed by atoms with E-state index in [1.165, 1.54) is 6.26 Å². The van der Waals surface area contributed by atoms with Crippen molar-refractivity contribution < 1.29 is 19.2 Å². The van der Waals surface area contributed by atoms with Crippen LogP contribution in [-0.2, 0) is 16.1 Å². The molecule has 0 aliphatic carbocycles. The average Bonchev–Trinajstić information content (AvgIpc) is 3.08. The Balaban J connectivity index is 2.20. The summed E-state index contributed by atoms with van der Waals surface area (Å²) >= 11 is 11.7. The van der Waals surface area contributed by atoms with Crippen molar-refractivity contribution >= 4 is 56.9 Å². The summed E-state index contributed by atoms with van der Waals surface area (Å²) in [5.41, 5.74) is 1.06. The topological polar surface area (TPSA) is 109 Å². The van der Waals surface area contributed by atoms with Crippen molar-refractivity contribution in [2.75, 3.05) is 37.5 Å². The number of aromatic carboxylic acids is 1. The third kappa shape index (κ3) is 4.81. The van der Waals surface area contributed by atoms with E-state index in [2.05, 4.69) is 10.8 Å². The molecular weight excluding hydrogens is 457 g/mol. The van der Waals surface area contributed by atoms with Gasteiger partial charge in [0.15, 0.2) is 0 Å². The van der Waals surface area contributed by atoms with Crippen LogP contribution in [0.2, 0.25) is 10.0 Å². The van der Waals surface area contributed by atoms with Crippen LogP contribution in [0.5, 0.6) is 0 Å². The number of anilines is 1. The maximum absolute atomic E-state index is 12.0. The fourth-order valence-corrected chi connectivity index (χ4v) is 5.19. The van der Waals surface area contributed by atoms with Crippen LogP contribution in [0.3, 0.4) is 0 Å². The number of thiophene rings is 1. The van der Waals surface area contributed by atoms with Gasteiger partial charge >= 0.3 is 5.97 Å². The molecule has 29 heavy (non-hydrogen) atoms. The van der Waals surface area contributed by atoms with Crippen LogP contribution in [0.4, 0.5) is 5.00 Å². The van der Waals surface area contributed by atoms with Gasteiger partial charge in [0.1, 0.15) is 28.2 Å². The zero-order valence-electron chi connectivity index (χ0n) is 15.3. The average molecular weight is 474 g/mol. The Morgan fingerprint density at radius 3 is 2.66 bits per heavy atom. The lowest BCUT2D eigenvalue weighted by atomic mass is 9.96. The first-order valence-electron chi connectivity index (χ1n) is 8.50. The molecule has 2 atom stereocenters. The Hall–Kier alpha value is -1.51. The fraction of sp³-hybridized carbons (Fsp3) is 0.333. The second-order valence-electron chi connectivity index (χ2n) is 6.22. The Labute approximate surface area is 185 Å². The van der Waals surface area contributed by atoms with E-state index in [0.717, 1.165) is 11.3 Å². The molecule has 154 valence electrons. The molecule has 1 aromatic carbocycles. The zero-order valence-corrected chi connectivity index (χ0v) is 18.4. The van der Waals surface area contributed by atoms with Gasteiger partial charge in [0.25, 0.3) is 0 Å². The van der Waals surface area contributed by atoms with Gasteiger partial charge in [-0.1, -0.05) is 29.3 Å². The van der Waals surface area contributed by atoms with Crippen molar-refractivity contribution in [2.24, 2.45) is 0 Å². The molecule has 7 nitrogen and oxygen atoms in total. The van der Waals surface area contributed by atoms with Crippen molar-refractivity contribution in [1.29, 1.82) is 5.26 Å². The standard InChI is InChI=1S/C18H17Cl2N3O4S2/c1-29(26)22-15(10-2-3-12(19)13(20)8-10)14-11(9-21)17(28-16(14)18(24)25)23-4-6-27-7-5-23/h2-3,8,15,22H,4-7H2,1H3,(H,24,25). The van der Waals surface area contributed by atoms with Crippen molar-refractivity contribution in [3.63, 3.8) is 0 Å². The molecule has 0 amide bonds. The number of carboxylic acids is 1. The van der Waals surface area contributed by atoms with Gasteiger partial charge in [-0.2, -0.15) is 5.26 Å². The number of benzene rings is 1. The number of morpholine rings is 1. The van der Waals surface area contributed by atoms with Gasteiger partial charge in [-0.25, -0.2) is 4.79 Å². The first kappa shape index (κ1) is 22.2. The van der Waals surface area contributed by atoms with E-state index in [-0.39, 0.29) is 21.0 Å². The molecule has 0 radical (unpaired) electrons. The second-order valence-corrected chi connectivity index (χ2v) is 9.18. The summed E-state index contributed by atoms with van der Waals surface area (Å²) in [6, 6.07) is 6.15. The van der Waals surface area contributed by atoms with Gasteiger partial charge in [0.2, 0.25) is 0 Å². The molecule has 3 rings (SSSR count). The SMILES string of the molecule is C[S+]([O-])NC(c1ccc(Cl)c(Cl)c1)c1c(C(=O)O)sc(N2CCOCC2)c1C#N. The lowest BCUT2D eigenvalue weighted by Gasteiger charge is -2.28. The molecule has 0 saturated carbocycles. The molecule has 2 heterocycles. The second kappa shape index (κ2) is 9.53. The first-order valence-corrected chi connectivity index (χ1v) is 11.6. The molecule has 0 spiro atoms. The Morgan fingerprint density at radius 1 is 1.41 bits per heavy atom. The van der Waals surface area contributed by atoms with Gasteiger partial charge in [-0.15, -0.1) is 16.1 Å². The monoisotopic (exact) mass is 473 g/mol. The van der Waals surface area contributed by atoms with E-state index in [9.17, 15) is 19.7 Å². The minimum absolute atomic E-state index is 0.0112. The summed E-state index contributed by atoms with van der Waals surface area (Å²) in [5, 5.41) is 20.9. The number of nitrogens with zero attached hydrogens (tertiary/aromatic N) is 2. The number of hydrogen-bond donors (Lipinski definition) is 2. The Morgan fingerprint density at radius 2 is 2.10 bits per heavy atom. The van der Waals surface area contributed by atoms with Gasteiger partial charge in [-0.3, -0.25) is 0 Å². The van der Waals surface area contributed by atoms with Crippen molar-refractivity contribution in [1.82, 2.24) is 4.72 Å². The summed E-state index contributed by atoms with van der Waals surface area (Å²) < 4.78 is 20.3. The van der Waals surface area contributed by atoms with E-state index in [4.69, 9.17) is 27.9 Å². The van der Waals surface area contributed by atoms with E-state index in [0.29, 0.717) is 41.9 Å². The quantitative estimate of drug-likeness (QED) is 0.618. The minimum Gasteiger partial charge on any atom is -0.598 e. The highest BCUT2D eigenvalue weighted by atomic mass is 35.5. The lowest BCUT2D eigenvalue weighted by molar-refractivity contribution is 0.0700. The first-order chi connectivity index (χ1) is 13.8. The van der Waals surface area contributed by atoms with Crippen LogP contribution in [0, 0.1) is 11.3 Å². The number of ether oxygens (including phenoxy) is 1. The molecule has 2 aromatic rings. The fourth-order valence-electron chi connectivity index (χ4n) is 3.11. The highest BCUT2D eigenvalue weighted by molar-refractivity contribution is 7.88. The molecule has 0 bridgehead atoms. The van der Waals surface area contributed by atoms with Crippen LogP contribution >= 0.6 is 34.5 Å². The van der Waals surface area contributed by atoms with Crippen LogP contribution in [0.1, 0.15) is 32.4 Å². The van der Waals surface area contributed by atoms with Gasteiger partial charge in [0, 0.05) is 30.0 Å². The van der Waals surface area contributed by atoms with Crippen molar-refractivity contribution in [3.8, 4) is 6.07 Å². The normalized spacial score (nSPS) is 16.3. The third-order valence-corrected chi connectivity index (χ3v) is 6.94. The van der Waals surface area contributed by atoms with Gasteiger partial charge in [0.05, 0.1) is 28.8 Å². The summed E-state index contributed by atoms with van der Waals surface area (Å²) in [5.74, 6) is -1.16. The van der Waals surface area contributed by atoms with Crippen molar-refractivity contribution in [3.05, 3.63) is 49.8 Å². The number of carbonyl (C=O) groups is 1. The largest absolute Gasteiger partial charge is 0.598 e. The molecule has 2 N–H and O–H groups in total. The minimum atomic E-state index is -1.49. The van der Waals surface area contributed by atoms with Crippen LogP contribution in [0.25, 0.3) is 0 Å². The molecule has 1 aromatic heterocycles. The number of hydrogen-bond acceptors (Lipinski definition) is 7. The summed E-state index contributed by atoms with van der Waals surface area (Å²) in [4.78, 5) is 14.0. The molecule has 1 aliphatic rings. The molecule has 1 fully saturated rings. The maximum Gasteiger partial charge on any atom is 0.346 e. The number of nitriles is 1. The smallest absolute Gasteiger partial charge is 0.346 e. The molecule has 11 heteroatoms. The highest BCUT2D eigenvalue weighted by Crippen LogP contribution is 2.42. The number of halogens is 2. The molecule has 1 aliphatic heterocycles. The molecule has 1 saturated heterocycles. The van der Waals surface area contributed by atoms with Crippen LogP contribution < -0.4 is 9.62 Å². The zero-order chi connectivity index (χ0) is 21.1. The third-order valence-electron chi connectivity index (χ3n) is 4.38. The number of carboxylic acid groups (broad SMARTS) is 1. The molecule has 2 unspecified atom stereocenters. The number of rotatable bonds is 6. The Kier molecular flexibility index (Phi) is 7.29. The van der Waals surface area contributed by atoms with Gasteiger partial charge < -0.3 is 19.3 Å². The van der Waals surface area contributed by atoms with Gasteiger partial charge in [-0.05, 0) is 17.7 Å². The van der Waals surface area contributed by atoms with E-state index in [1.54, 1.807) is 18.2 Å². The molecular formula is C18H17Cl2N3O4S2. The summed E-state index contributed by atoms with van der Waals surface area (Å²) in [6.07, 6.45) is 1.44. The predicted octanol–water partition coefficient (Wildman–Crippen LogP) is 3.43.